The van der Waals surface area contributed by atoms with Gasteiger partial charge in [0.1, 0.15) is 5.54 Å². The minimum absolute atomic E-state index is 0.322. The second kappa shape index (κ2) is 4.88. The molecule has 0 heterocycles. The lowest BCUT2D eigenvalue weighted by atomic mass is 9.95. The van der Waals surface area contributed by atoms with Crippen molar-refractivity contribution in [3.8, 4) is 0 Å². The van der Waals surface area contributed by atoms with Gasteiger partial charge in [0.05, 0.1) is 0 Å². The molecule has 100 valence electrons. The van der Waals surface area contributed by atoms with Crippen molar-refractivity contribution < 1.29 is 14.7 Å². The van der Waals surface area contributed by atoms with Crippen LogP contribution in [-0.2, 0) is 22.4 Å². The highest BCUT2D eigenvalue weighted by Crippen LogP contribution is 2.30. The van der Waals surface area contributed by atoms with Crippen LogP contribution in [0.2, 0.25) is 0 Å². The van der Waals surface area contributed by atoms with Crippen LogP contribution in [0.1, 0.15) is 25.0 Å². The molecule has 0 radical (unpaired) electrons. The first-order valence-corrected chi connectivity index (χ1v) is 6.24. The number of carbonyl (C=O) groups is 2. The van der Waals surface area contributed by atoms with E-state index in [1.54, 1.807) is 19.9 Å². The summed E-state index contributed by atoms with van der Waals surface area (Å²) in [4.78, 5) is 23.6. The molecule has 0 atom stereocenters. The first-order valence-electron chi connectivity index (χ1n) is 6.24. The Bertz CT molecular complexity index is 535. The SMILES string of the molecule is C/C=C(/C)C(=O)NC1(C(=O)O)Cc2ccccc2C1. The molecule has 1 aromatic rings. The zero-order valence-corrected chi connectivity index (χ0v) is 11.1. The molecule has 4 heteroatoms. The predicted molar refractivity (Wildman–Crippen MR) is 71.8 cm³/mol. The number of carbonyl (C=O) groups excluding carboxylic acids is 1. The minimum Gasteiger partial charge on any atom is -0.479 e. The highest BCUT2D eigenvalue weighted by Gasteiger charge is 2.45. The van der Waals surface area contributed by atoms with Gasteiger partial charge in [0, 0.05) is 18.4 Å². The molecule has 0 unspecified atom stereocenters. The summed E-state index contributed by atoms with van der Waals surface area (Å²) in [6.07, 6.45) is 2.34. The molecular formula is C15H17NO3. The third-order valence-corrected chi connectivity index (χ3v) is 3.66. The van der Waals surface area contributed by atoms with Crippen molar-refractivity contribution in [3.05, 3.63) is 47.0 Å². The molecule has 1 aromatic carbocycles. The highest BCUT2D eigenvalue weighted by atomic mass is 16.4. The van der Waals surface area contributed by atoms with Gasteiger partial charge in [-0.3, -0.25) is 4.79 Å². The van der Waals surface area contributed by atoms with Crippen LogP contribution in [0, 0.1) is 0 Å². The Balaban J connectivity index is 2.29. The molecule has 4 nitrogen and oxygen atoms in total. The number of carboxylic acids is 1. The Morgan fingerprint density at radius 1 is 1.26 bits per heavy atom. The molecular weight excluding hydrogens is 242 g/mol. The van der Waals surface area contributed by atoms with Gasteiger partial charge in [0.2, 0.25) is 5.91 Å². The molecule has 0 aromatic heterocycles. The van der Waals surface area contributed by atoms with Gasteiger partial charge in [-0.2, -0.15) is 0 Å². The maximum atomic E-state index is 11.9. The van der Waals surface area contributed by atoms with E-state index >= 15 is 0 Å². The molecule has 2 rings (SSSR count). The lowest BCUT2D eigenvalue weighted by Gasteiger charge is -2.25. The van der Waals surface area contributed by atoms with E-state index in [4.69, 9.17) is 0 Å². The quantitative estimate of drug-likeness (QED) is 0.812. The van der Waals surface area contributed by atoms with E-state index in [0.29, 0.717) is 18.4 Å². The maximum absolute atomic E-state index is 11.9. The normalized spacial score (nSPS) is 16.8. The number of nitrogens with one attached hydrogen (secondary N) is 1. The number of hydrogen-bond donors (Lipinski definition) is 2. The standard InChI is InChI=1S/C15H17NO3/c1-3-10(2)13(17)16-15(14(18)19)8-11-6-4-5-7-12(11)9-15/h3-7H,8-9H2,1-2H3,(H,16,17)(H,18,19)/b10-3-. The van der Waals surface area contributed by atoms with E-state index in [9.17, 15) is 14.7 Å². The fourth-order valence-corrected chi connectivity index (χ4v) is 2.36. The van der Waals surface area contributed by atoms with Crippen LogP contribution in [-0.4, -0.2) is 22.5 Å². The van der Waals surface area contributed by atoms with Crippen molar-refractivity contribution in [2.45, 2.75) is 32.2 Å². The molecule has 1 aliphatic carbocycles. The van der Waals surface area contributed by atoms with Crippen LogP contribution >= 0.6 is 0 Å². The molecule has 1 aliphatic rings. The summed E-state index contributed by atoms with van der Waals surface area (Å²) in [6.45, 7) is 3.43. The van der Waals surface area contributed by atoms with Gasteiger partial charge >= 0.3 is 5.97 Å². The number of fused-ring (bicyclic) bond motifs is 1. The van der Waals surface area contributed by atoms with Gasteiger partial charge in [-0.05, 0) is 25.0 Å². The average molecular weight is 259 g/mol. The third-order valence-electron chi connectivity index (χ3n) is 3.66. The lowest BCUT2D eigenvalue weighted by Crippen LogP contribution is -2.55. The molecule has 0 saturated carbocycles. The van der Waals surface area contributed by atoms with Crippen LogP contribution < -0.4 is 5.32 Å². The largest absolute Gasteiger partial charge is 0.479 e. The molecule has 0 spiro atoms. The van der Waals surface area contributed by atoms with Gasteiger partial charge in [-0.15, -0.1) is 0 Å². The van der Waals surface area contributed by atoms with E-state index in [1.807, 2.05) is 24.3 Å². The van der Waals surface area contributed by atoms with E-state index in [1.165, 1.54) is 0 Å². The number of allylic oxidation sites excluding steroid dienone is 1. The van der Waals surface area contributed by atoms with E-state index in [-0.39, 0.29) is 5.91 Å². The van der Waals surface area contributed by atoms with Crippen molar-refractivity contribution in [2.24, 2.45) is 0 Å². The molecule has 19 heavy (non-hydrogen) atoms. The maximum Gasteiger partial charge on any atom is 0.330 e. The van der Waals surface area contributed by atoms with Crippen molar-refractivity contribution in [1.82, 2.24) is 5.32 Å². The zero-order valence-electron chi connectivity index (χ0n) is 11.1. The van der Waals surface area contributed by atoms with Crippen molar-refractivity contribution >= 4 is 11.9 Å². The number of rotatable bonds is 3. The summed E-state index contributed by atoms with van der Waals surface area (Å²) in [6, 6.07) is 7.59. The van der Waals surface area contributed by atoms with Gasteiger partial charge in [0.15, 0.2) is 0 Å². The first-order chi connectivity index (χ1) is 8.98. The second-order valence-corrected chi connectivity index (χ2v) is 4.94. The monoisotopic (exact) mass is 259 g/mol. The van der Waals surface area contributed by atoms with Gasteiger partial charge in [-0.1, -0.05) is 30.3 Å². The van der Waals surface area contributed by atoms with E-state index in [0.717, 1.165) is 11.1 Å². The van der Waals surface area contributed by atoms with Gasteiger partial charge in [-0.25, -0.2) is 4.79 Å². The lowest BCUT2D eigenvalue weighted by molar-refractivity contribution is -0.146. The minimum atomic E-state index is -1.22. The number of benzene rings is 1. The zero-order chi connectivity index (χ0) is 14.0. The molecule has 1 amide bonds. The van der Waals surface area contributed by atoms with Crippen LogP contribution in [0.3, 0.4) is 0 Å². The van der Waals surface area contributed by atoms with Crippen LogP contribution in [0.5, 0.6) is 0 Å². The summed E-state index contributed by atoms with van der Waals surface area (Å²) in [7, 11) is 0. The summed E-state index contributed by atoms with van der Waals surface area (Å²) >= 11 is 0. The average Bonchev–Trinajstić information content (AvgIpc) is 2.76. The topological polar surface area (TPSA) is 66.4 Å². The number of carboxylic acid groups (broad SMARTS) is 1. The Hall–Kier alpha value is -2.10. The number of hydrogen-bond acceptors (Lipinski definition) is 2. The predicted octanol–water partition coefficient (Wildman–Crippen LogP) is 1.69. The van der Waals surface area contributed by atoms with E-state index in [2.05, 4.69) is 5.32 Å². The fraction of sp³-hybridized carbons (Fsp3) is 0.333. The van der Waals surface area contributed by atoms with Crippen molar-refractivity contribution in [3.63, 3.8) is 0 Å². The van der Waals surface area contributed by atoms with Crippen LogP contribution in [0.4, 0.5) is 0 Å². The molecule has 0 aliphatic heterocycles. The molecule has 0 fully saturated rings. The summed E-state index contributed by atoms with van der Waals surface area (Å²) in [5, 5.41) is 12.2. The smallest absolute Gasteiger partial charge is 0.330 e. The van der Waals surface area contributed by atoms with E-state index < -0.39 is 11.5 Å². The summed E-state index contributed by atoms with van der Waals surface area (Å²) in [5.74, 6) is -1.31. The molecule has 0 saturated heterocycles. The van der Waals surface area contributed by atoms with Crippen LogP contribution in [0.25, 0.3) is 0 Å². The Morgan fingerprint density at radius 2 is 1.79 bits per heavy atom. The van der Waals surface area contributed by atoms with Gasteiger partial charge < -0.3 is 10.4 Å². The Morgan fingerprint density at radius 3 is 2.21 bits per heavy atom. The Kier molecular flexibility index (Phi) is 3.42. The second-order valence-electron chi connectivity index (χ2n) is 4.94. The molecule has 2 N–H and O–H groups in total. The van der Waals surface area contributed by atoms with Crippen molar-refractivity contribution in [1.29, 1.82) is 0 Å². The summed E-state index contributed by atoms with van der Waals surface area (Å²) in [5.41, 5.74) is 1.29. The van der Waals surface area contributed by atoms with Gasteiger partial charge in [0.25, 0.3) is 0 Å². The van der Waals surface area contributed by atoms with Crippen LogP contribution in [0.15, 0.2) is 35.9 Å². The third kappa shape index (κ3) is 2.38. The fourth-order valence-electron chi connectivity index (χ4n) is 2.36. The first kappa shape index (κ1) is 13.3. The Labute approximate surface area is 112 Å². The number of aliphatic carboxylic acids is 1. The number of amides is 1. The molecule has 0 bridgehead atoms. The van der Waals surface area contributed by atoms with Crippen molar-refractivity contribution in [2.75, 3.05) is 0 Å². The highest BCUT2D eigenvalue weighted by molar-refractivity contribution is 5.97. The summed E-state index contributed by atoms with van der Waals surface area (Å²) < 4.78 is 0.